The van der Waals surface area contributed by atoms with Gasteiger partial charge in [-0.05, 0) is 36.4 Å². The summed E-state index contributed by atoms with van der Waals surface area (Å²) in [5, 5.41) is 0.379. The van der Waals surface area contributed by atoms with Crippen molar-refractivity contribution in [3.8, 4) is 5.75 Å². The molecular formula is C15H13ClO3S. The topological polar surface area (TPSA) is 43.4 Å². The van der Waals surface area contributed by atoms with Crippen molar-refractivity contribution in [3.63, 3.8) is 0 Å². The Morgan fingerprint density at radius 3 is 2.40 bits per heavy atom. The van der Waals surface area contributed by atoms with Crippen LogP contribution in [-0.4, -0.2) is 22.9 Å². The molecule has 0 amide bonds. The fourth-order valence-corrected chi connectivity index (χ4v) is 2.94. The van der Waals surface area contributed by atoms with Gasteiger partial charge in [0.2, 0.25) is 0 Å². The average molecular weight is 309 g/mol. The van der Waals surface area contributed by atoms with Crippen LogP contribution in [0.5, 0.6) is 5.75 Å². The van der Waals surface area contributed by atoms with Crippen molar-refractivity contribution in [3.05, 3.63) is 59.1 Å². The van der Waals surface area contributed by atoms with Crippen molar-refractivity contribution in [2.45, 2.75) is 4.90 Å². The minimum absolute atomic E-state index is 0.0872. The summed E-state index contributed by atoms with van der Waals surface area (Å²) in [6.07, 6.45) is 0. The molecule has 0 saturated heterocycles. The van der Waals surface area contributed by atoms with Gasteiger partial charge in [-0.2, -0.15) is 0 Å². The number of rotatable bonds is 5. The molecule has 3 nitrogen and oxygen atoms in total. The van der Waals surface area contributed by atoms with Crippen molar-refractivity contribution in [2.75, 3.05) is 12.9 Å². The van der Waals surface area contributed by atoms with Crippen LogP contribution < -0.4 is 4.74 Å². The van der Waals surface area contributed by atoms with Gasteiger partial charge in [0.25, 0.3) is 0 Å². The van der Waals surface area contributed by atoms with E-state index in [0.29, 0.717) is 21.2 Å². The van der Waals surface area contributed by atoms with E-state index in [0.717, 1.165) is 0 Å². The molecule has 0 aliphatic heterocycles. The Hall–Kier alpha value is -1.65. The van der Waals surface area contributed by atoms with E-state index in [-0.39, 0.29) is 11.5 Å². The van der Waals surface area contributed by atoms with E-state index < -0.39 is 10.8 Å². The second-order valence-corrected chi connectivity index (χ2v) is 5.93. The average Bonchev–Trinajstić information content (AvgIpc) is 2.47. The fraction of sp³-hybridized carbons (Fsp3) is 0.133. The Balaban J connectivity index is 2.11. The highest BCUT2D eigenvalue weighted by molar-refractivity contribution is 7.85. The lowest BCUT2D eigenvalue weighted by atomic mass is 10.1. The number of ether oxygens (including phenoxy) is 1. The van der Waals surface area contributed by atoms with E-state index >= 15 is 0 Å². The standard InChI is InChI=1S/C15H13ClO3S/c1-19-11-6-8-12(9-7-11)20(18)10-15(17)13-4-2-3-5-14(13)16/h2-9H,10H2,1H3. The Labute approximate surface area is 125 Å². The molecule has 0 aliphatic rings. The summed E-state index contributed by atoms with van der Waals surface area (Å²) in [7, 11) is 0.166. The van der Waals surface area contributed by atoms with Crippen LogP contribution in [0.15, 0.2) is 53.4 Å². The number of hydrogen-bond acceptors (Lipinski definition) is 3. The quantitative estimate of drug-likeness (QED) is 0.796. The SMILES string of the molecule is COc1ccc(S(=O)CC(=O)c2ccccc2Cl)cc1. The second-order valence-electron chi connectivity index (χ2n) is 4.07. The van der Waals surface area contributed by atoms with Gasteiger partial charge in [-0.15, -0.1) is 0 Å². The van der Waals surface area contributed by atoms with Crippen LogP contribution in [0.2, 0.25) is 5.02 Å². The fourth-order valence-electron chi connectivity index (χ4n) is 1.70. The molecule has 0 N–H and O–H groups in total. The molecule has 1 atom stereocenters. The zero-order valence-corrected chi connectivity index (χ0v) is 12.4. The summed E-state index contributed by atoms with van der Waals surface area (Å²) in [6.45, 7) is 0. The van der Waals surface area contributed by atoms with Crippen LogP contribution in [0.25, 0.3) is 0 Å². The van der Waals surface area contributed by atoms with Crippen LogP contribution in [0.4, 0.5) is 0 Å². The van der Waals surface area contributed by atoms with E-state index in [1.165, 1.54) is 0 Å². The first-order chi connectivity index (χ1) is 9.61. The van der Waals surface area contributed by atoms with Gasteiger partial charge in [0, 0.05) is 10.5 Å². The highest BCUT2D eigenvalue weighted by Crippen LogP contribution is 2.18. The number of hydrogen-bond donors (Lipinski definition) is 0. The number of carbonyl (C=O) groups excluding carboxylic acids is 1. The Kier molecular flexibility index (Phi) is 4.93. The maximum atomic E-state index is 12.1. The highest BCUT2D eigenvalue weighted by Gasteiger charge is 2.14. The molecule has 104 valence electrons. The Morgan fingerprint density at radius 2 is 1.80 bits per heavy atom. The lowest BCUT2D eigenvalue weighted by molar-refractivity contribution is 0.102. The third-order valence-electron chi connectivity index (χ3n) is 2.76. The third-order valence-corrected chi connectivity index (χ3v) is 4.41. The van der Waals surface area contributed by atoms with Gasteiger partial charge in [0.1, 0.15) is 5.75 Å². The normalized spacial score (nSPS) is 11.9. The number of methoxy groups -OCH3 is 1. The van der Waals surface area contributed by atoms with E-state index in [9.17, 15) is 9.00 Å². The number of benzene rings is 2. The van der Waals surface area contributed by atoms with Crippen LogP contribution in [-0.2, 0) is 10.8 Å². The molecule has 20 heavy (non-hydrogen) atoms. The smallest absolute Gasteiger partial charge is 0.177 e. The van der Waals surface area contributed by atoms with Gasteiger partial charge in [-0.1, -0.05) is 23.7 Å². The lowest BCUT2D eigenvalue weighted by Gasteiger charge is -2.05. The van der Waals surface area contributed by atoms with E-state index in [1.54, 1.807) is 55.6 Å². The maximum Gasteiger partial charge on any atom is 0.177 e. The minimum atomic E-state index is -1.40. The monoisotopic (exact) mass is 308 g/mol. The molecule has 0 heterocycles. The molecular weight excluding hydrogens is 296 g/mol. The summed E-state index contributed by atoms with van der Waals surface area (Å²) in [5.41, 5.74) is 0.399. The zero-order valence-electron chi connectivity index (χ0n) is 10.8. The third kappa shape index (κ3) is 3.46. The van der Waals surface area contributed by atoms with Gasteiger partial charge in [-0.3, -0.25) is 9.00 Å². The van der Waals surface area contributed by atoms with Gasteiger partial charge in [0.15, 0.2) is 5.78 Å². The van der Waals surface area contributed by atoms with Crippen LogP contribution in [0.3, 0.4) is 0 Å². The molecule has 5 heteroatoms. The van der Waals surface area contributed by atoms with Crippen molar-refractivity contribution in [2.24, 2.45) is 0 Å². The predicted molar refractivity (Wildman–Crippen MR) is 80.1 cm³/mol. The number of ketones is 1. The number of halogens is 1. The van der Waals surface area contributed by atoms with E-state index in [2.05, 4.69) is 0 Å². The maximum absolute atomic E-state index is 12.1. The first kappa shape index (κ1) is 14.8. The molecule has 2 rings (SSSR count). The van der Waals surface area contributed by atoms with Crippen LogP contribution in [0, 0.1) is 0 Å². The van der Waals surface area contributed by atoms with Crippen molar-refractivity contribution in [1.29, 1.82) is 0 Å². The second kappa shape index (κ2) is 6.68. The van der Waals surface area contributed by atoms with Gasteiger partial charge in [-0.25, -0.2) is 0 Å². The lowest BCUT2D eigenvalue weighted by Crippen LogP contribution is -2.11. The van der Waals surface area contributed by atoms with Crippen LogP contribution >= 0.6 is 11.6 Å². The summed E-state index contributed by atoms with van der Waals surface area (Å²) >= 11 is 5.95. The van der Waals surface area contributed by atoms with Gasteiger partial charge >= 0.3 is 0 Å². The summed E-state index contributed by atoms with van der Waals surface area (Å²) in [5.74, 6) is 0.365. The molecule has 0 bridgehead atoms. The van der Waals surface area contributed by atoms with E-state index in [4.69, 9.17) is 16.3 Å². The Bertz CT molecular complexity index is 638. The van der Waals surface area contributed by atoms with Crippen molar-refractivity contribution in [1.82, 2.24) is 0 Å². The summed E-state index contributed by atoms with van der Waals surface area (Å²) in [6, 6.07) is 13.6. The first-order valence-corrected chi connectivity index (χ1v) is 7.61. The van der Waals surface area contributed by atoms with E-state index in [1.807, 2.05) is 0 Å². The number of carbonyl (C=O) groups is 1. The molecule has 0 aliphatic carbocycles. The largest absolute Gasteiger partial charge is 0.497 e. The Morgan fingerprint density at radius 1 is 1.15 bits per heavy atom. The van der Waals surface area contributed by atoms with Gasteiger partial charge in [0.05, 0.1) is 28.7 Å². The van der Waals surface area contributed by atoms with Crippen molar-refractivity contribution < 1.29 is 13.7 Å². The minimum Gasteiger partial charge on any atom is -0.497 e. The first-order valence-electron chi connectivity index (χ1n) is 5.92. The van der Waals surface area contributed by atoms with Crippen molar-refractivity contribution >= 4 is 28.2 Å². The molecule has 2 aromatic carbocycles. The molecule has 0 radical (unpaired) electrons. The summed E-state index contributed by atoms with van der Waals surface area (Å²) < 4.78 is 17.2. The highest BCUT2D eigenvalue weighted by atomic mass is 35.5. The summed E-state index contributed by atoms with van der Waals surface area (Å²) in [4.78, 5) is 12.7. The molecule has 0 aromatic heterocycles. The molecule has 2 aromatic rings. The van der Waals surface area contributed by atoms with Crippen LogP contribution in [0.1, 0.15) is 10.4 Å². The molecule has 1 unspecified atom stereocenters. The van der Waals surface area contributed by atoms with Gasteiger partial charge < -0.3 is 4.74 Å². The zero-order chi connectivity index (χ0) is 14.5. The number of Topliss-reactive ketones (excluding diaryl/α,β-unsaturated/α-hetero) is 1. The predicted octanol–water partition coefficient (Wildman–Crippen LogP) is 3.34. The molecule has 0 fully saturated rings. The molecule has 0 spiro atoms. The molecule has 0 saturated carbocycles.